The molecular formula is C13H27N3O. The number of nitrogens with one attached hydrogen (secondary N) is 1. The molecule has 0 amide bonds. The summed E-state index contributed by atoms with van der Waals surface area (Å²) >= 11 is 0. The van der Waals surface area contributed by atoms with Crippen molar-refractivity contribution in [2.24, 2.45) is 0 Å². The first-order valence-corrected chi connectivity index (χ1v) is 6.82. The minimum atomic E-state index is 0.108. The Hall–Kier alpha value is -0.160. The molecule has 100 valence electrons. The Morgan fingerprint density at radius 2 is 2.18 bits per heavy atom. The van der Waals surface area contributed by atoms with E-state index in [0.29, 0.717) is 0 Å². The maximum absolute atomic E-state index is 5.95. The molecule has 1 N–H and O–H groups in total. The van der Waals surface area contributed by atoms with Gasteiger partial charge in [0.2, 0.25) is 0 Å². The molecule has 2 fully saturated rings. The number of likely N-dealkylation sites (N-methyl/N-ethyl adjacent to an activating group) is 1. The first-order valence-electron chi connectivity index (χ1n) is 6.82. The Balaban J connectivity index is 1.65. The summed E-state index contributed by atoms with van der Waals surface area (Å²) in [5.74, 6) is 0. The van der Waals surface area contributed by atoms with Gasteiger partial charge in [-0.25, -0.2) is 0 Å². The van der Waals surface area contributed by atoms with E-state index in [-0.39, 0.29) is 5.60 Å². The molecule has 4 nitrogen and oxygen atoms in total. The molecule has 0 aromatic heterocycles. The Morgan fingerprint density at radius 1 is 1.41 bits per heavy atom. The first kappa shape index (κ1) is 13.3. The third-order valence-electron chi connectivity index (χ3n) is 4.07. The number of hydrogen-bond donors (Lipinski definition) is 1. The summed E-state index contributed by atoms with van der Waals surface area (Å²) in [7, 11) is 4.37. The van der Waals surface area contributed by atoms with Gasteiger partial charge in [0.15, 0.2) is 0 Å². The van der Waals surface area contributed by atoms with E-state index in [1.165, 1.54) is 25.9 Å². The lowest BCUT2D eigenvalue weighted by molar-refractivity contribution is -0.0742. The van der Waals surface area contributed by atoms with Gasteiger partial charge < -0.3 is 15.0 Å². The van der Waals surface area contributed by atoms with Crippen LogP contribution >= 0.6 is 0 Å². The average molecular weight is 241 g/mol. The molecule has 1 unspecified atom stereocenters. The highest BCUT2D eigenvalue weighted by Crippen LogP contribution is 2.16. The molecule has 0 spiro atoms. The number of rotatable bonds is 5. The molecule has 0 aromatic rings. The Bertz CT molecular complexity index is 241. The summed E-state index contributed by atoms with van der Waals surface area (Å²) < 4.78 is 5.95. The number of hydrogen-bond acceptors (Lipinski definition) is 4. The van der Waals surface area contributed by atoms with Crippen LogP contribution in [0.1, 0.15) is 19.8 Å². The molecule has 0 radical (unpaired) electrons. The van der Waals surface area contributed by atoms with Crippen LogP contribution in [-0.2, 0) is 4.74 Å². The number of likely N-dealkylation sites (tertiary alicyclic amines) is 1. The summed E-state index contributed by atoms with van der Waals surface area (Å²) in [6, 6.07) is 0.727. The lowest BCUT2D eigenvalue weighted by Crippen LogP contribution is -2.59. The summed E-state index contributed by atoms with van der Waals surface area (Å²) in [4.78, 5) is 4.90. The molecule has 1 atom stereocenters. The number of ether oxygens (including phenoxy) is 1. The second-order valence-electron chi connectivity index (χ2n) is 5.96. The van der Waals surface area contributed by atoms with E-state index in [9.17, 15) is 0 Å². The lowest BCUT2D eigenvalue weighted by atomic mass is 10.0. The van der Waals surface area contributed by atoms with E-state index in [4.69, 9.17) is 4.74 Å². The van der Waals surface area contributed by atoms with Gasteiger partial charge in [-0.1, -0.05) is 0 Å². The normalized spacial score (nSPS) is 29.3. The third kappa shape index (κ3) is 3.65. The highest BCUT2D eigenvalue weighted by molar-refractivity contribution is 4.90. The highest BCUT2D eigenvalue weighted by Gasteiger charge is 2.32. The Labute approximate surface area is 105 Å². The van der Waals surface area contributed by atoms with Gasteiger partial charge in [-0.15, -0.1) is 0 Å². The average Bonchev–Trinajstić information content (AvgIpc) is 2.27. The van der Waals surface area contributed by atoms with Crippen molar-refractivity contribution in [2.75, 3.05) is 53.4 Å². The fraction of sp³-hybridized carbons (Fsp3) is 1.00. The fourth-order valence-electron chi connectivity index (χ4n) is 2.66. The van der Waals surface area contributed by atoms with Gasteiger partial charge in [-0.3, -0.25) is 4.90 Å². The quantitative estimate of drug-likeness (QED) is 0.754. The standard InChI is InChI=1S/C13H27N3O/c1-13(10-14-11-13)17-8-7-16-6-4-5-12(9-16)15(2)3/h12,14H,4-11H2,1-3H3. The summed E-state index contributed by atoms with van der Waals surface area (Å²) in [6.45, 7) is 8.61. The van der Waals surface area contributed by atoms with E-state index >= 15 is 0 Å². The van der Waals surface area contributed by atoms with Crippen LogP contribution in [0.3, 0.4) is 0 Å². The van der Waals surface area contributed by atoms with Crippen molar-refractivity contribution in [2.45, 2.75) is 31.4 Å². The molecule has 0 aliphatic carbocycles. The van der Waals surface area contributed by atoms with Gasteiger partial charge >= 0.3 is 0 Å². The first-order chi connectivity index (χ1) is 8.09. The molecule has 17 heavy (non-hydrogen) atoms. The predicted molar refractivity (Wildman–Crippen MR) is 70.4 cm³/mol. The molecule has 4 heteroatoms. The molecule has 2 aliphatic heterocycles. The van der Waals surface area contributed by atoms with Crippen molar-refractivity contribution < 1.29 is 4.74 Å². The maximum atomic E-state index is 5.95. The van der Waals surface area contributed by atoms with Crippen molar-refractivity contribution >= 4 is 0 Å². The summed E-state index contributed by atoms with van der Waals surface area (Å²) in [5.41, 5.74) is 0.108. The second kappa shape index (κ2) is 5.65. The number of piperidine rings is 1. The molecular weight excluding hydrogens is 214 g/mol. The van der Waals surface area contributed by atoms with E-state index in [2.05, 4.69) is 36.1 Å². The van der Waals surface area contributed by atoms with Crippen LogP contribution in [0.4, 0.5) is 0 Å². The molecule has 0 aromatic carbocycles. The third-order valence-corrected chi connectivity index (χ3v) is 4.07. The highest BCUT2D eigenvalue weighted by atomic mass is 16.5. The van der Waals surface area contributed by atoms with Gasteiger partial charge in [-0.2, -0.15) is 0 Å². The Kier molecular flexibility index (Phi) is 4.42. The van der Waals surface area contributed by atoms with E-state index in [1.54, 1.807) is 0 Å². The SMILES string of the molecule is CN(C)C1CCCN(CCOC2(C)CNC2)C1. The Morgan fingerprint density at radius 3 is 2.76 bits per heavy atom. The molecule has 2 rings (SSSR count). The van der Waals surface area contributed by atoms with E-state index in [1.807, 2.05) is 0 Å². The maximum Gasteiger partial charge on any atom is 0.0902 e. The van der Waals surface area contributed by atoms with Gasteiger partial charge in [-0.05, 0) is 40.4 Å². The van der Waals surface area contributed by atoms with Crippen molar-refractivity contribution in [3.05, 3.63) is 0 Å². The van der Waals surface area contributed by atoms with Crippen molar-refractivity contribution in [1.29, 1.82) is 0 Å². The van der Waals surface area contributed by atoms with Gasteiger partial charge in [0, 0.05) is 32.2 Å². The molecule has 0 saturated carbocycles. The zero-order valence-corrected chi connectivity index (χ0v) is 11.5. The second-order valence-corrected chi connectivity index (χ2v) is 5.96. The van der Waals surface area contributed by atoms with Crippen molar-refractivity contribution in [3.8, 4) is 0 Å². The lowest BCUT2D eigenvalue weighted by Gasteiger charge is -2.40. The smallest absolute Gasteiger partial charge is 0.0902 e. The van der Waals surface area contributed by atoms with E-state index in [0.717, 1.165) is 32.3 Å². The fourth-order valence-corrected chi connectivity index (χ4v) is 2.66. The monoisotopic (exact) mass is 241 g/mol. The van der Waals surface area contributed by atoms with Crippen LogP contribution in [0.25, 0.3) is 0 Å². The van der Waals surface area contributed by atoms with Crippen LogP contribution in [-0.4, -0.2) is 74.9 Å². The summed E-state index contributed by atoms with van der Waals surface area (Å²) in [5, 5.41) is 3.27. The van der Waals surface area contributed by atoms with Crippen molar-refractivity contribution in [3.63, 3.8) is 0 Å². The zero-order valence-electron chi connectivity index (χ0n) is 11.5. The van der Waals surface area contributed by atoms with E-state index < -0.39 is 0 Å². The zero-order chi connectivity index (χ0) is 12.3. The topological polar surface area (TPSA) is 27.7 Å². The predicted octanol–water partition coefficient (Wildman–Crippen LogP) is 0.391. The van der Waals surface area contributed by atoms with Crippen LogP contribution in [0.15, 0.2) is 0 Å². The van der Waals surface area contributed by atoms with Gasteiger partial charge in [0.05, 0.1) is 12.2 Å². The van der Waals surface area contributed by atoms with Crippen LogP contribution in [0.2, 0.25) is 0 Å². The minimum Gasteiger partial charge on any atom is -0.371 e. The molecule has 2 saturated heterocycles. The summed E-state index contributed by atoms with van der Waals surface area (Å²) in [6.07, 6.45) is 2.66. The minimum absolute atomic E-state index is 0.108. The molecule has 2 aliphatic rings. The van der Waals surface area contributed by atoms with Crippen LogP contribution in [0, 0.1) is 0 Å². The van der Waals surface area contributed by atoms with Gasteiger partial charge in [0.1, 0.15) is 0 Å². The van der Waals surface area contributed by atoms with Crippen molar-refractivity contribution in [1.82, 2.24) is 15.1 Å². The van der Waals surface area contributed by atoms with Crippen LogP contribution < -0.4 is 5.32 Å². The van der Waals surface area contributed by atoms with Gasteiger partial charge in [0.25, 0.3) is 0 Å². The largest absolute Gasteiger partial charge is 0.371 e. The molecule has 0 bridgehead atoms. The van der Waals surface area contributed by atoms with Crippen LogP contribution in [0.5, 0.6) is 0 Å². The molecule has 2 heterocycles. The number of nitrogens with zero attached hydrogens (tertiary/aromatic N) is 2.